The first kappa shape index (κ1) is 21.5. The van der Waals surface area contributed by atoms with Crippen molar-refractivity contribution in [2.75, 3.05) is 38.4 Å². The summed E-state index contributed by atoms with van der Waals surface area (Å²) < 4.78 is 22.4. The van der Waals surface area contributed by atoms with Gasteiger partial charge in [-0.1, -0.05) is 30.3 Å². The van der Waals surface area contributed by atoms with Crippen molar-refractivity contribution < 1.29 is 18.9 Å². The molecule has 0 atom stereocenters. The summed E-state index contributed by atoms with van der Waals surface area (Å²) in [4.78, 5) is 0. The van der Waals surface area contributed by atoms with E-state index in [1.54, 1.807) is 0 Å². The standard InChI is InChI=1S/C25H29NO4/c1-2-27-15-16-30-25-10-6-7-21(19-25)20-26-22-11-13-24(14-12-22)29-18-17-28-23-8-4-3-5-9-23/h3-14,19,26H,2,15-18,20H2,1H3. The van der Waals surface area contributed by atoms with Crippen molar-refractivity contribution in [3.63, 3.8) is 0 Å². The quantitative estimate of drug-likeness (QED) is 0.396. The molecular formula is C25H29NO4. The molecule has 30 heavy (non-hydrogen) atoms. The summed E-state index contributed by atoms with van der Waals surface area (Å²) in [6, 6.07) is 25.8. The lowest BCUT2D eigenvalue weighted by atomic mass is 10.2. The second-order valence-corrected chi connectivity index (χ2v) is 6.58. The van der Waals surface area contributed by atoms with Gasteiger partial charge in [-0.25, -0.2) is 0 Å². The molecule has 0 bridgehead atoms. The van der Waals surface area contributed by atoms with Gasteiger partial charge in [0.05, 0.1) is 6.61 Å². The molecule has 0 aliphatic heterocycles. The van der Waals surface area contributed by atoms with E-state index in [0.29, 0.717) is 39.6 Å². The highest BCUT2D eigenvalue weighted by atomic mass is 16.5. The summed E-state index contributed by atoms with van der Waals surface area (Å²) in [5.74, 6) is 2.53. The highest BCUT2D eigenvalue weighted by molar-refractivity contribution is 5.47. The van der Waals surface area contributed by atoms with Crippen LogP contribution in [0.5, 0.6) is 17.2 Å². The van der Waals surface area contributed by atoms with E-state index in [0.717, 1.165) is 28.5 Å². The molecule has 0 fully saturated rings. The summed E-state index contributed by atoms with van der Waals surface area (Å²) in [5.41, 5.74) is 2.19. The monoisotopic (exact) mass is 407 g/mol. The van der Waals surface area contributed by atoms with Crippen molar-refractivity contribution in [2.45, 2.75) is 13.5 Å². The van der Waals surface area contributed by atoms with Crippen LogP contribution in [0.15, 0.2) is 78.9 Å². The van der Waals surface area contributed by atoms with Crippen LogP contribution in [0.25, 0.3) is 0 Å². The van der Waals surface area contributed by atoms with E-state index in [-0.39, 0.29) is 0 Å². The molecule has 1 N–H and O–H groups in total. The number of benzene rings is 3. The Balaban J connectivity index is 1.38. The Morgan fingerprint density at radius 1 is 0.633 bits per heavy atom. The van der Waals surface area contributed by atoms with E-state index >= 15 is 0 Å². The molecule has 3 rings (SSSR count). The number of rotatable bonds is 13. The Labute approximate surface area is 178 Å². The van der Waals surface area contributed by atoms with Gasteiger partial charge in [-0.05, 0) is 61.0 Å². The van der Waals surface area contributed by atoms with Crippen LogP contribution in [-0.4, -0.2) is 33.0 Å². The number of para-hydroxylation sites is 1. The molecule has 3 aromatic carbocycles. The first-order valence-electron chi connectivity index (χ1n) is 10.3. The predicted molar refractivity (Wildman–Crippen MR) is 120 cm³/mol. The minimum atomic E-state index is 0.498. The molecule has 0 spiro atoms. The van der Waals surface area contributed by atoms with E-state index in [4.69, 9.17) is 18.9 Å². The van der Waals surface area contributed by atoms with Crippen LogP contribution in [0.2, 0.25) is 0 Å². The average Bonchev–Trinajstić information content (AvgIpc) is 2.80. The molecule has 5 heteroatoms. The Morgan fingerprint density at radius 2 is 1.27 bits per heavy atom. The van der Waals surface area contributed by atoms with Crippen LogP contribution in [0.3, 0.4) is 0 Å². The Kier molecular flexibility index (Phi) is 8.90. The van der Waals surface area contributed by atoms with E-state index in [9.17, 15) is 0 Å². The Bertz CT molecular complexity index is 853. The van der Waals surface area contributed by atoms with Crippen LogP contribution in [0.4, 0.5) is 5.69 Å². The largest absolute Gasteiger partial charge is 0.491 e. The molecule has 0 saturated carbocycles. The van der Waals surface area contributed by atoms with Crippen molar-refractivity contribution in [3.05, 3.63) is 84.4 Å². The van der Waals surface area contributed by atoms with Crippen molar-refractivity contribution in [2.24, 2.45) is 0 Å². The zero-order chi connectivity index (χ0) is 20.9. The molecule has 0 heterocycles. The molecule has 0 aliphatic rings. The summed E-state index contributed by atoms with van der Waals surface area (Å²) in [6.07, 6.45) is 0. The number of anilines is 1. The van der Waals surface area contributed by atoms with Crippen LogP contribution in [0.1, 0.15) is 12.5 Å². The fourth-order valence-electron chi connectivity index (χ4n) is 2.82. The second-order valence-electron chi connectivity index (χ2n) is 6.58. The lowest BCUT2D eigenvalue weighted by Crippen LogP contribution is -2.09. The minimum absolute atomic E-state index is 0.498. The maximum absolute atomic E-state index is 5.74. The fraction of sp³-hybridized carbons (Fsp3) is 0.280. The molecule has 0 aliphatic carbocycles. The third kappa shape index (κ3) is 7.68. The van der Waals surface area contributed by atoms with Crippen LogP contribution in [-0.2, 0) is 11.3 Å². The predicted octanol–water partition coefficient (Wildman–Crippen LogP) is 5.17. The van der Waals surface area contributed by atoms with Gasteiger partial charge in [0, 0.05) is 18.8 Å². The molecule has 158 valence electrons. The lowest BCUT2D eigenvalue weighted by molar-refractivity contribution is 0.110. The van der Waals surface area contributed by atoms with E-state index < -0.39 is 0 Å². The van der Waals surface area contributed by atoms with Gasteiger partial charge < -0.3 is 24.3 Å². The summed E-state index contributed by atoms with van der Waals surface area (Å²) in [5, 5.41) is 3.42. The van der Waals surface area contributed by atoms with Gasteiger partial charge >= 0.3 is 0 Å². The first-order valence-corrected chi connectivity index (χ1v) is 10.3. The number of hydrogen-bond acceptors (Lipinski definition) is 5. The van der Waals surface area contributed by atoms with Crippen molar-refractivity contribution >= 4 is 5.69 Å². The lowest BCUT2D eigenvalue weighted by Gasteiger charge is -2.11. The summed E-state index contributed by atoms with van der Waals surface area (Å²) >= 11 is 0. The second kappa shape index (κ2) is 12.4. The molecular weight excluding hydrogens is 378 g/mol. The molecule has 0 unspecified atom stereocenters. The van der Waals surface area contributed by atoms with Crippen molar-refractivity contribution in [3.8, 4) is 17.2 Å². The fourth-order valence-corrected chi connectivity index (χ4v) is 2.82. The first-order chi connectivity index (χ1) is 14.8. The molecule has 0 amide bonds. The molecule has 3 aromatic rings. The van der Waals surface area contributed by atoms with Gasteiger partial charge in [0.2, 0.25) is 0 Å². The number of hydrogen-bond donors (Lipinski definition) is 1. The molecule has 0 saturated heterocycles. The molecule has 5 nitrogen and oxygen atoms in total. The third-order valence-corrected chi connectivity index (χ3v) is 4.31. The van der Waals surface area contributed by atoms with E-state index in [1.165, 1.54) is 0 Å². The van der Waals surface area contributed by atoms with Crippen LogP contribution >= 0.6 is 0 Å². The topological polar surface area (TPSA) is 49.0 Å². The summed E-state index contributed by atoms with van der Waals surface area (Å²) in [7, 11) is 0. The van der Waals surface area contributed by atoms with Gasteiger partial charge in [-0.15, -0.1) is 0 Å². The van der Waals surface area contributed by atoms with Gasteiger partial charge in [-0.3, -0.25) is 0 Å². The molecule has 0 aromatic heterocycles. The van der Waals surface area contributed by atoms with Gasteiger partial charge in [0.15, 0.2) is 0 Å². The Morgan fingerprint density at radius 3 is 2.00 bits per heavy atom. The highest BCUT2D eigenvalue weighted by Gasteiger charge is 2.00. The molecule has 0 radical (unpaired) electrons. The zero-order valence-corrected chi connectivity index (χ0v) is 17.4. The van der Waals surface area contributed by atoms with E-state index in [2.05, 4.69) is 11.4 Å². The SMILES string of the molecule is CCOCCOc1cccc(CNc2ccc(OCCOc3ccccc3)cc2)c1. The third-order valence-electron chi connectivity index (χ3n) is 4.31. The smallest absolute Gasteiger partial charge is 0.122 e. The summed E-state index contributed by atoms with van der Waals surface area (Å²) in [6.45, 7) is 5.57. The number of nitrogens with one attached hydrogen (secondary N) is 1. The van der Waals surface area contributed by atoms with Crippen LogP contribution in [0, 0.1) is 0 Å². The Hall–Kier alpha value is -3.18. The van der Waals surface area contributed by atoms with Crippen molar-refractivity contribution in [1.29, 1.82) is 0 Å². The van der Waals surface area contributed by atoms with E-state index in [1.807, 2.05) is 79.7 Å². The maximum atomic E-state index is 5.74. The minimum Gasteiger partial charge on any atom is -0.491 e. The zero-order valence-electron chi connectivity index (χ0n) is 17.4. The normalized spacial score (nSPS) is 10.4. The van der Waals surface area contributed by atoms with Gasteiger partial charge in [-0.2, -0.15) is 0 Å². The van der Waals surface area contributed by atoms with Gasteiger partial charge in [0.1, 0.15) is 37.1 Å². The van der Waals surface area contributed by atoms with Crippen LogP contribution < -0.4 is 19.5 Å². The van der Waals surface area contributed by atoms with Gasteiger partial charge in [0.25, 0.3) is 0 Å². The van der Waals surface area contributed by atoms with Crippen molar-refractivity contribution in [1.82, 2.24) is 0 Å². The maximum Gasteiger partial charge on any atom is 0.122 e. The average molecular weight is 408 g/mol. The highest BCUT2D eigenvalue weighted by Crippen LogP contribution is 2.18. The number of ether oxygens (including phenoxy) is 4.